The Labute approximate surface area is 201 Å². The lowest BCUT2D eigenvalue weighted by atomic mass is 10.0. The zero-order valence-electron chi connectivity index (χ0n) is 18.9. The Kier molecular flexibility index (Phi) is 6.46. The van der Waals surface area contributed by atoms with Gasteiger partial charge >= 0.3 is 6.36 Å². The third-order valence-corrected chi connectivity index (χ3v) is 5.90. The van der Waals surface area contributed by atoms with Crippen molar-refractivity contribution in [3.63, 3.8) is 0 Å². The molecule has 8 heteroatoms. The monoisotopic (exact) mass is 479 g/mol. The molecule has 1 aliphatic rings. The largest absolute Gasteiger partial charge is 0.573 e. The van der Waals surface area contributed by atoms with E-state index in [-0.39, 0.29) is 5.75 Å². The molecule has 0 unspecified atom stereocenters. The highest BCUT2D eigenvalue weighted by atomic mass is 19.4. The van der Waals surface area contributed by atoms with Gasteiger partial charge in [-0.1, -0.05) is 48.5 Å². The number of ether oxygens (including phenoxy) is 2. The molecule has 0 spiro atoms. The predicted molar refractivity (Wildman–Crippen MR) is 126 cm³/mol. The van der Waals surface area contributed by atoms with Crippen LogP contribution in [0.4, 0.5) is 13.2 Å². The van der Waals surface area contributed by atoms with Gasteiger partial charge in [-0.05, 0) is 41.0 Å². The number of aromatic nitrogens is 2. The second-order valence-corrected chi connectivity index (χ2v) is 8.41. The SMILES string of the molecule is FC(F)(F)Oc1ccc(-c2ccc3c(c2)CN(Cc2nccn2Cc2ccccc2)CCO3)cc1. The third kappa shape index (κ3) is 5.84. The minimum absolute atomic E-state index is 0.239. The zero-order valence-corrected chi connectivity index (χ0v) is 18.9. The van der Waals surface area contributed by atoms with E-state index in [4.69, 9.17) is 4.74 Å². The molecule has 0 amide bonds. The number of alkyl halides is 3. The van der Waals surface area contributed by atoms with Gasteiger partial charge in [-0.3, -0.25) is 4.90 Å². The lowest BCUT2D eigenvalue weighted by molar-refractivity contribution is -0.274. The number of imidazole rings is 1. The molecule has 2 heterocycles. The summed E-state index contributed by atoms with van der Waals surface area (Å²) in [6.45, 7) is 3.43. The summed E-state index contributed by atoms with van der Waals surface area (Å²) in [5, 5.41) is 0. The van der Waals surface area contributed by atoms with E-state index in [2.05, 4.69) is 31.3 Å². The van der Waals surface area contributed by atoms with Gasteiger partial charge in [-0.2, -0.15) is 0 Å². The molecular formula is C27H24F3N3O2. The van der Waals surface area contributed by atoms with Crippen LogP contribution in [-0.2, 0) is 19.6 Å². The van der Waals surface area contributed by atoms with E-state index in [1.807, 2.05) is 48.8 Å². The molecule has 0 saturated carbocycles. The van der Waals surface area contributed by atoms with E-state index < -0.39 is 6.36 Å². The lowest BCUT2D eigenvalue weighted by Crippen LogP contribution is -2.27. The molecule has 0 N–H and O–H groups in total. The highest BCUT2D eigenvalue weighted by molar-refractivity contribution is 5.66. The van der Waals surface area contributed by atoms with E-state index in [1.54, 1.807) is 12.1 Å². The highest BCUT2D eigenvalue weighted by Crippen LogP contribution is 2.31. The van der Waals surface area contributed by atoms with Crippen molar-refractivity contribution in [3.05, 3.63) is 102 Å². The van der Waals surface area contributed by atoms with Crippen molar-refractivity contribution in [3.8, 4) is 22.6 Å². The molecule has 0 aliphatic carbocycles. The van der Waals surface area contributed by atoms with Crippen LogP contribution in [0.3, 0.4) is 0 Å². The summed E-state index contributed by atoms with van der Waals surface area (Å²) >= 11 is 0. The van der Waals surface area contributed by atoms with E-state index in [0.29, 0.717) is 19.7 Å². The van der Waals surface area contributed by atoms with Gasteiger partial charge in [0.15, 0.2) is 0 Å². The maximum absolute atomic E-state index is 12.5. The first-order chi connectivity index (χ1) is 16.9. The molecule has 0 fully saturated rings. The van der Waals surface area contributed by atoms with Crippen molar-refractivity contribution in [1.82, 2.24) is 14.5 Å². The summed E-state index contributed by atoms with van der Waals surface area (Å²) in [6, 6.07) is 22.0. The van der Waals surface area contributed by atoms with Gasteiger partial charge in [0, 0.05) is 37.6 Å². The van der Waals surface area contributed by atoms with E-state index >= 15 is 0 Å². The van der Waals surface area contributed by atoms with Gasteiger partial charge < -0.3 is 14.0 Å². The average Bonchev–Trinajstić information content (AvgIpc) is 3.15. The van der Waals surface area contributed by atoms with Crippen LogP contribution < -0.4 is 9.47 Å². The van der Waals surface area contributed by atoms with Gasteiger partial charge in [-0.15, -0.1) is 13.2 Å². The first-order valence-corrected chi connectivity index (χ1v) is 11.3. The minimum atomic E-state index is -4.71. The van der Waals surface area contributed by atoms with Gasteiger partial charge in [-0.25, -0.2) is 4.98 Å². The predicted octanol–water partition coefficient (Wildman–Crippen LogP) is 5.89. The molecule has 5 nitrogen and oxygen atoms in total. The number of nitrogens with zero attached hydrogens (tertiary/aromatic N) is 3. The van der Waals surface area contributed by atoms with Crippen molar-refractivity contribution in [1.29, 1.82) is 0 Å². The Bertz CT molecular complexity index is 1270. The maximum atomic E-state index is 12.5. The standard InChI is InChI=1S/C27H24F3N3O2/c28-27(29,30)35-24-9-6-21(7-10-24)22-8-11-25-23(16-22)18-32(14-15-34-25)19-26-31-12-13-33(26)17-20-4-2-1-3-5-20/h1-13,16H,14-15,17-19H2. The molecule has 4 aromatic rings. The van der Waals surface area contributed by atoms with Crippen LogP contribution in [0.2, 0.25) is 0 Å². The Morgan fingerprint density at radius 2 is 1.69 bits per heavy atom. The number of rotatable bonds is 6. The number of hydrogen-bond donors (Lipinski definition) is 0. The lowest BCUT2D eigenvalue weighted by Gasteiger charge is -2.20. The average molecular weight is 480 g/mol. The molecule has 0 radical (unpaired) electrons. The van der Waals surface area contributed by atoms with Gasteiger partial charge in [0.05, 0.1) is 6.54 Å². The van der Waals surface area contributed by atoms with Crippen LogP contribution in [0, 0.1) is 0 Å². The molecule has 180 valence electrons. The summed E-state index contributed by atoms with van der Waals surface area (Å²) in [6.07, 6.45) is -0.887. The fourth-order valence-electron chi connectivity index (χ4n) is 4.23. The van der Waals surface area contributed by atoms with E-state index in [9.17, 15) is 13.2 Å². The van der Waals surface area contributed by atoms with Crippen LogP contribution in [0.1, 0.15) is 17.0 Å². The molecular weight excluding hydrogens is 455 g/mol. The molecule has 5 rings (SSSR count). The fourth-order valence-corrected chi connectivity index (χ4v) is 4.23. The van der Waals surface area contributed by atoms with Gasteiger partial charge in [0.2, 0.25) is 0 Å². The van der Waals surface area contributed by atoms with Gasteiger partial charge in [0.1, 0.15) is 23.9 Å². The van der Waals surface area contributed by atoms with Crippen LogP contribution in [0.15, 0.2) is 85.2 Å². The Hall–Kier alpha value is -3.78. The van der Waals surface area contributed by atoms with Crippen molar-refractivity contribution >= 4 is 0 Å². The molecule has 0 bridgehead atoms. The molecule has 1 aliphatic heterocycles. The number of fused-ring (bicyclic) bond motifs is 1. The zero-order chi connectivity index (χ0) is 24.3. The number of hydrogen-bond acceptors (Lipinski definition) is 4. The first-order valence-electron chi connectivity index (χ1n) is 11.3. The van der Waals surface area contributed by atoms with E-state index in [1.165, 1.54) is 17.7 Å². The van der Waals surface area contributed by atoms with Crippen LogP contribution in [-0.4, -0.2) is 34.0 Å². The topological polar surface area (TPSA) is 39.5 Å². The minimum Gasteiger partial charge on any atom is -0.492 e. The summed E-state index contributed by atoms with van der Waals surface area (Å²) < 4.78 is 49.5. The second-order valence-electron chi connectivity index (χ2n) is 8.41. The second kappa shape index (κ2) is 9.84. The molecule has 1 aromatic heterocycles. The first kappa shape index (κ1) is 23.0. The Morgan fingerprint density at radius 3 is 2.46 bits per heavy atom. The number of benzene rings is 3. The third-order valence-electron chi connectivity index (χ3n) is 5.90. The van der Waals surface area contributed by atoms with Crippen LogP contribution in [0.25, 0.3) is 11.1 Å². The Morgan fingerprint density at radius 1 is 0.914 bits per heavy atom. The molecule has 0 saturated heterocycles. The summed E-state index contributed by atoms with van der Waals surface area (Å²) in [4.78, 5) is 6.87. The summed E-state index contributed by atoms with van der Waals surface area (Å²) in [5.74, 6) is 1.56. The van der Waals surface area contributed by atoms with Crippen LogP contribution >= 0.6 is 0 Å². The quantitative estimate of drug-likeness (QED) is 0.346. The molecule has 35 heavy (non-hydrogen) atoms. The Balaban J connectivity index is 1.31. The van der Waals surface area contributed by atoms with E-state index in [0.717, 1.165) is 41.4 Å². The van der Waals surface area contributed by atoms with Crippen molar-refractivity contribution in [2.45, 2.75) is 26.0 Å². The fraction of sp³-hybridized carbons (Fsp3) is 0.222. The van der Waals surface area contributed by atoms with Crippen molar-refractivity contribution in [2.24, 2.45) is 0 Å². The maximum Gasteiger partial charge on any atom is 0.573 e. The summed E-state index contributed by atoms with van der Waals surface area (Å²) in [7, 11) is 0. The van der Waals surface area contributed by atoms with Gasteiger partial charge in [0.25, 0.3) is 0 Å². The summed E-state index contributed by atoms with van der Waals surface area (Å²) in [5.41, 5.74) is 3.94. The number of halogens is 3. The van der Waals surface area contributed by atoms with Crippen LogP contribution in [0.5, 0.6) is 11.5 Å². The normalized spacial score (nSPS) is 14.1. The molecule has 0 atom stereocenters. The highest BCUT2D eigenvalue weighted by Gasteiger charge is 2.31. The van der Waals surface area contributed by atoms with Crippen molar-refractivity contribution in [2.75, 3.05) is 13.2 Å². The smallest absolute Gasteiger partial charge is 0.492 e. The molecule has 3 aromatic carbocycles. The van der Waals surface area contributed by atoms with Crippen molar-refractivity contribution < 1.29 is 22.6 Å².